The summed E-state index contributed by atoms with van der Waals surface area (Å²) in [5.74, 6) is -2.63. The minimum Gasteiger partial charge on any atom is -0.463 e. The molecule has 0 radical (unpaired) electrons. The van der Waals surface area contributed by atoms with Crippen molar-refractivity contribution in [2.24, 2.45) is 5.92 Å². The summed E-state index contributed by atoms with van der Waals surface area (Å²) in [6.07, 6.45) is 0.852. The molecule has 170 valence electrons. The summed E-state index contributed by atoms with van der Waals surface area (Å²) >= 11 is 0. The zero-order valence-electron chi connectivity index (χ0n) is 19.1. The third kappa shape index (κ3) is 6.64. The van der Waals surface area contributed by atoms with E-state index in [1.165, 1.54) is 4.90 Å². The monoisotopic (exact) mass is 431 g/mol. The van der Waals surface area contributed by atoms with Crippen molar-refractivity contribution in [1.29, 1.82) is 0 Å². The van der Waals surface area contributed by atoms with Crippen LogP contribution in [0.3, 0.4) is 0 Å². The van der Waals surface area contributed by atoms with Crippen molar-refractivity contribution in [2.75, 3.05) is 13.7 Å². The first kappa shape index (κ1) is 24.6. The molecule has 1 aromatic rings. The van der Waals surface area contributed by atoms with E-state index in [1.54, 1.807) is 20.8 Å². The predicted molar refractivity (Wildman–Crippen MR) is 116 cm³/mol. The summed E-state index contributed by atoms with van der Waals surface area (Å²) in [4.78, 5) is 51.7. The smallest absolute Gasteiger partial charge is 0.410 e. The Balaban J connectivity index is 2.24. The summed E-state index contributed by atoms with van der Waals surface area (Å²) in [7, 11) is 1.15. The van der Waals surface area contributed by atoms with Gasteiger partial charge in [0.2, 0.25) is 5.78 Å². The Labute approximate surface area is 184 Å². The van der Waals surface area contributed by atoms with Gasteiger partial charge in [-0.1, -0.05) is 43.7 Å². The first-order chi connectivity index (χ1) is 14.6. The third-order valence-corrected chi connectivity index (χ3v) is 5.41. The summed E-state index contributed by atoms with van der Waals surface area (Å²) in [6.45, 7) is 7.57. The number of Topliss-reactive ketones (excluding diaryl/α,β-unsaturated/α-hetero) is 2. The highest BCUT2D eigenvalue weighted by Crippen LogP contribution is 2.34. The molecule has 2 unspecified atom stereocenters. The highest BCUT2D eigenvalue weighted by atomic mass is 16.6. The summed E-state index contributed by atoms with van der Waals surface area (Å²) < 4.78 is 10.1. The van der Waals surface area contributed by atoms with E-state index in [1.807, 2.05) is 37.3 Å². The lowest BCUT2D eigenvalue weighted by Crippen LogP contribution is -2.44. The Morgan fingerprint density at radius 1 is 1.13 bits per heavy atom. The number of esters is 1. The van der Waals surface area contributed by atoms with Gasteiger partial charge < -0.3 is 9.47 Å². The molecule has 0 spiro atoms. The van der Waals surface area contributed by atoms with Crippen LogP contribution in [0.5, 0.6) is 0 Å². The number of ether oxygens (including phenoxy) is 2. The molecule has 0 saturated carbocycles. The number of hydrogen-bond donors (Lipinski definition) is 0. The molecular weight excluding hydrogens is 398 g/mol. The molecule has 1 aliphatic heterocycles. The fourth-order valence-corrected chi connectivity index (χ4v) is 3.95. The average molecular weight is 432 g/mol. The lowest BCUT2D eigenvalue weighted by molar-refractivity contribution is -0.154. The predicted octanol–water partition coefficient (Wildman–Crippen LogP) is 3.90. The molecule has 31 heavy (non-hydrogen) atoms. The van der Waals surface area contributed by atoms with Gasteiger partial charge in [-0.05, 0) is 39.2 Å². The van der Waals surface area contributed by atoms with Crippen LogP contribution in [0.4, 0.5) is 4.79 Å². The number of likely N-dealkylation sites (tertiary alicyclic amines) is 1. The van der Waals surface area contributed by atoms with Crippen LogP contribution in [0.25, 0.3) is 0 Å². The summed E-state index contributed by atoms with van der Waals surface area (Å²) in [5, 5.41) is 0. The Hall–Kier alpha value is -2.70. The van der Waals surface area contributed by atoms with Crippen LogP contribution in [0.15, 0.2) is 30.3 Å². The Bertz CT molecular complexity index is 798. The third-order valence-electron chi connectivity index (χ3n) is 5.41. The normalized spacial score (nSPS) is 19.6. The van der Waals surface area contributed by atoms with E-state index in [0.29, 0.717) is 25.8 Å². The van der Waals surface area contributed by atoms with Crippen LogP contribution >= 0.6 is 0 Å². The fourth-order valence-electron chi connectivity index (χ4n) is 3.95. The molecule has 1 fully saturated rings. The molecule has 1 heterocycles. The number of carbonyl (C=O) groups is 4. The van der Waals surface area contributed by atoms with E-state index in [2.05, 4.69) is 4.74 Å². The van der Waals surface area contributed by atoms with Crippen molar-refractivity contribution in [3.63, 3.8) is 0 Å². The van der Waals surface area contributed by atoms with E-state index in [9.17, 15) is 19.2 Å². The zero-order chi connectivity index (χ0) is 23.2. The van der Waals surface area contributed by atoms with Crippen molar-refractivity contribution in [2.45, 2.75) is 70.9 Å². The van der Waals surface area contributed by atoms with Gasteiger partial charge in [0.1, 0.15) is 5.60 Å². The molecule has 0 aromatic heterocycles. The van der Waals surface area contributed by atoms with Crippen LogP contribution < -0.4 is 0 Å². The van der Waals surface area contributed by atoms with Gasteiger partial charge in [0.15, 0.2) is 5.78 Å². The Morgan fingerprint density at radius 2 is 1.77 bits per heavy atom. The number of nitrogens with zero attached hydrogens (tertiary/aromatic N) is 1. The van der Waals surface area contributed by atoms with Crippen LogP contribution in [-0.2, 0) is 23.9 Å². The number of carbonyl (C=O) groups excluding carboxylic acids is 4. The van der Waals surface area contributed by atoms with Gasteiger partial charge in [0.25, 0.3) is 0 Å². The van der Waals surface area contributed by atoms with Crippen molar-refractivity contribution in [3.8, 4) is 0 Å². The van der Waals surface area contributed by atoms with Crippen molar-refractivity contribution in [3.05, 3.63) is 35.9 Å². The number of benzene rings is 1. The van der Waals surface area contributed by atoms with Gasteiger partial charge in [0.05, 0.1) is 13.2 Å². The second kappa shape index (κ2) is 10.6. The fraction of sp³-hybridized carbons (Fsp3) is 0.583. The Morgan fingerprint density at radius 3 is 2.32 bits per heavy atom. The number of methoxy groups -OCH3 is 1. The Kier molecular flexibility index (Phi) is 8.36. The van der Waals surface area contributed by atoms with E-state index < -0.39 is 35.4 Å². The van der Waals surface area contributed by atoms with Crippen molar-refractivity contribution >= 4 is 23.6 Å². The van der Waals surface area contributed by atoms with Crippen LogP contribution in [-0.4, -0.2) is 53.8 Å². The molecule has 0 aliphatic carbocycles. The summed E-state index contributed by atoms with van der Waals surface area (Å²) in [6, 6.07) is 9.02. The second-order valence-corrected chi connectivity index (χ2v) is 9.00. The zero-order valence-corrected chi connectivity index (χ0v) is 19.1. The molecule has 1 saturated heterocycles. The minimum absolute atomic E-state index is 0.0106. The van der Waals surface area contributed by atoms with Gasteiger partial charge in [-0.25, -0.2) is 9.59 Å². The quantitative estimate of drug-likeness (QED) is 0.458. The molecule has 0 N–H and O–H groups in total. The lowest BCUT2D eigenvalue weighted by atomic mass is 9.88. The molecule has 7 nitrogen and oxygen atoms in total. The number of amides is 1. The van der Waals surface area contributed by atoms with Gasteiger partial charge >= 0.3 is 12.1 Å². The van der Waals surface area contributed by atoms with E-state index in [0.717, 1.165) is 12.7 Å². The standard InChI is InChI=1S/C24H33NO6/c1-6-10-17(21(27)22(28)30-5)14-20(26)19-13-18(16-11-8-7-9-12-16)15-25(19)23(29)31-24(2,3)4/h7-9,11-12,17-19H,6,10,13-15H2,1-5H3/t17?,18?,19-/m0/s1. The highest BCUT2D eigenvalue weighted by Gasteiger charge is 2.43. The molecule has 0 bridgehead atoms. The van der Waals surface area contributed by atoms with Gasteiger partial charge in [-0.3, -0.25) is 14.5 Å². The number of rotatable bonds is 8. The average Bonchev–Trinajstić information content (AvgIpc) is 3.17. The minimum atomic E-state index is -0.941. The summed E-state index contributed by atoms with van der Waals surface area (Å²) in [5.41, 5.74) is 0.350. The van der Waals surface area contributed by atoms with Gasteiger partial charge in [-0.15, -0.1) is 0 Å². The lowest BCUT2D eigenvalue weighted by Gasteiger charge is -2.28. The van der Waals surface area contributed by atoms with Crippen LogP contribution in [0.1, 0.15) is 64.9 Å². The first-order valence-corrected chi connectivity index (χ1v) is 10.8. The largest absolute Gasteiger partial charge is 0.463 e. The molecule has 1 aromatic carbocycles. The molecule has 1 amide bonds. The van der Waals surface area contributed by atoms with Crippen molar-refractivity contribution in [1.82, 2.24) is 4.90 Å². The molecule has 2 rings (SSSR count). The van der Waals surface area contributed by atoms with Crippen LogP contribution in [0, 0.1) is 5.92 Å². The number of hydrogen-bond acceptors (Lipinski definition) is 6. The van der Waals surface area contributed by atoms with E-state index in [4.69, 9.17) is 4.74 Å². The SMILES string of the molecule is CCCC(CC(=O)[C@@H]1CC(c2ccccc2)CN1C(=O)OC(C)(C)C)C(=O)C(=O)OC. The highest BCUT2D eigenvalue weighted by molar-refractivity contribution is 6.34. The molecule has 3 atom stereocenters. The molecule has 7 heteroatoms. The van der Waals surface area contributed by atoms with Gasteiger partial charge in [-0.2, -0.15) is 0 Å². The van der Waals surface area contributed by atoms with E-state index in [-0.39, 0.29) is 18.1 Å². The molecular formula is C24H33NO6. The van der Waals surface area contributed by atoms with E-state index >= 15 is 0 Å². The maximum absolute atomic E-state index is 13.2. The molecule has 1 aliphatic rings. The number of ketones is 2. The van der Waals surface area contributed by atoms with Gasteiger partial charge in [0, 0.05) is 24.8 Å². The maximum atomic E-state index is 13.2. The van der Waals surface area contributed by atoms with Crippen molar-refractivity contribution < 1.29 is 28.7 Å². The maximum Gasteiger partial charge on any atom is 0.410 e. The first-order valence-electron chi connectivity index (χ1n) is 10.8. The topological polar surface area (TPSA) is 90.0 Å². The second-order valence-electron chi connectivity index (χ2n) is 9.00. The van der Waals surface area contributed by atoms with Crippen LogP contribution in [0.2, 0.25) is 0 Å².